The molecule has 1 aliphatic carbocycles. The van der Waals surface area contributed by atoms with Gasteiger partial charge in [0, 0.05) is 18.3 Å². The van der Waals surface area contributed by atoms with Crippen LogP contribution in [0, 0.1) is 20.8 Å². The topological polar surface area (TPSA) is 51.3 Å². The van der Waals surface area contributed by atoms with Gasteiger partial charge in [0.15, 0.2) is 5.16 Å². The summed E-state index contributed by atoms with van der Waals surface area (Å²) in [6.45, 7) is 9.82. The number of rotatable bonds is 9. The Kier molecular flexibility index (Phi) is 6.12. The highest BCUT2D eigenvalue weighted by molar-refractivity contribution is 7.99. The minimum atomic E-state index is 0.173. The standard InChI is InChI=1S/C20H29N3O2S/c1-5-6-11-22-16(4)15(3)21-20(22)26-13-19(24)23(17-8-9-17)12-18-10-7-14(2)25-18/h7,10,17H,5-6,8-9,11-13H2,1-4H3. The summed E-state index contributed by atoms with van der Waals surface area (Å²) in [5.41, 5.74) is 2.26. The van der Waals surface area contributed by atoms with Gasteiger partial charge >= 0.3 is 0 Å². The maximum absolute atomic E-state index is 12.9. The van der Waals surface area contributed by atoms with Gasteiger partial charge in [0.2, 0.25) is 5.91 Å². The summed E-state index contributed by atoms with van der Waals surface area (Å²) in [5, 5.41) is 0.964. The van der Waals surface area contributed by atoms with Gasteiger partial charge < -0.3 is 13.9 Å². The minimum Gasteiger partial charge on any atom is -0.464 e. The molecule has 0 atom stereocenters. The highest BCUT2D eigenvalue weighted by Gasteiger charge is 2.33. The summed E-state index contributed by atoms with van der Waals surface area (Å²) in [7, 11) is 0. The largest absolute Gasteiger partial charge is 0.464 e. The van der Waals surface area contributed by atoms with Crippen molar-refractivity contribution in [3.8, 4) is 0 Å². The van der Waals surface area contributed by atoms with Crippen molar-refractivity contribution in [2.24, 2.45) is 0 Å². The lowest BCUT2D eigenvalue weighted by Gasteiger charge is -2.21. The van der Waals surface area contributed by atoms with Gasteiger partial charge in [-0.05, 0) is 52.2 Å². The number of nitrogens with zero attached hydrogens (tertiary/aromatic N) is 3. The molecule has 1 fully saturated rings. The van der Waals surface area contributed by atoms with E-state index in [0.29, 0.717) is 18.3 Å². The van der Waals surface area contributed by atoms with E-state index in [2.05, 4.69) is 23.4 Å². The van der Waals surface area contributed by atoms with E-state index in [1.165, 1.54) is 5.69 Å². The van der Waals surface area contributed by atoms with Crippen LogP contribution in [0.3, 0.4) is 0 Å². The highest BCUT2D eigenvalue weighted by Crippen LogP contribution is 2.30. The van der Waals surface area contributed by atoms with E-state index >= 15 is 0 Å². The van der Waals surface area contributed by atoms with Gasteiger partial charge in [-0.25, -0.2) is 4.98 Å². The maximum atomic E-state index is 12.9. The second-order valence-corrected chi connectivity index (χ2v) is 8.07. The number of furan rings is 1. The number of imidazole rings is 1. The number of unbranched alkanes of at least 4 members (excludes halogenated alkanes) is 1. The van der Waals surface area contributed by atoms with Crippen molar-refractivity contribution in [2.45, 2.75) is 77.7 Å². The molecule has 0 N–H and O–H groups in total. The lowest BCUT2D eigenvalue weighted by atomic mass is 10.3. The van der Waals surface area contributed by atoms with E-state index in [-0.39, 0.29) is 5.91 Å². The van der Waals surface area contributed by atoms with Crippen LogP contribution in [0.15, 0.2) is 21.7 Å². The molecule has 1 saturated carbocycles. The third-order valence-electron chi connectivity index (χ3n) is 4.91. The minimum absolute atomic E-state index is 0.173. The van der Waals surface area contributed by atoms with Crippen LogP contribution in [0.5, 0.6) is 0 Å². The normalized spacial score (nSPS) is 14.0. The van der Waals surface area contributed by atoms with Crippen LogP contribution in [-0.2, 0) is 17.9 Å². The van der Waals surface area contributed by atoms with Crippen molar-refractivity contribution in [1.29, 1.82) is 0 Å². The molecule has 5 nitrogen and oxygen atoms in total. The molecule has 1 aliphatic rings. The molecule has 0 saturated heterocycles. The van der Waals surface area contributed by atoms with Crippen LogP contribution in [-0.4, -0.2) is 32.2 Å². The highest BCUT2D eigenvalue weighted by atomic mass is 32.2. The lowest BCUT2D eigenvalue weighted by Crippen LogP contribution is -2.33. The summed E-state index contributed by atoms with van der Waals surface area (Å²) in [6, 6.07) is 4.29. The average molecular weight is 376 g/mol. The number of thioether (sulfide) groups is 1. The van der Waals surface area contributed by atoms with E-state index in [1.54, 1.807) is 11.8 Å². The monoisotopic (exact) mass is 375 g/mol. The fourth-order valence-electron chi connectivity index (χ4n) is 3.07. The molecule has 0 aliphatic heterocycles. The number of aryl methyl sites for hydroxylation is 2. The molecule has 0 bridgehead atoms. The molecule has 0 unspecified atom stereocenters. The Morgan fingerprint density at radius 2 is 2.12 bits per heavy atom. The quantitative estimate of drug-likeness (QED) is 0.606. The molecule has 3 rings (SSSR count). The van der Waals surface area contributed by atoms with Crippen molar-refractivity contribution in [1.82, 2.24) is 14.5 Å². The summed E-state index contributed by atoms with van der Waals surface area (Å²) in [4.78, 5) is 19.5. The molecule has 2 aromatic rings. The van der Waals surface area contributed by atoms with Crippen molar-refractivity contribution < 1.29 is 9.21 Å². The van der Waals surface area contributed by atoms with Gasteiger partial charge in [-0.15, -0.1) is 0 Å². The fourth-order valence-corrected chi connectivity index (χ4v) is 4.07. The van der Waals surface area contributed by atoms with Crippen molar-refractivity contribution in [3.05, 3.63) is 35.0 Å². The molecule has 1 amide bonds. The summed E-state index contributed by atoms with van der Waals surface area (Å²) < 4.78 is 7.93. The first-order chi connectivity index (χ1) is 12.5. The number of hydrogen-bond acceptors (Lipinski definition) is 4. The summed E-state index contributed by atoms with van der Waals surface area (Å²) in [5.74, 6) is 2.36. The van der Waals surface area contributed by atoms with Gasteiger partial charge in [-0.3, -0.25) is 4.79 Å². The molecule has 2 heterocycles. The molecular weight excluding hydrogens is 346 g/mol. The number of carbonyl (C=O) groups is 1. The fraction of sp³-hybridized carbons (Fsp3) is 0.600. The number of amides is 1. The van der Waals surface area contributed by atoms with Gasteiger partial charge in [-0.2, -0.15) is 0 Å². The number of hydrogen-bond donors (Lipinski definition) is 0. The SMILES string of the molecule is CCCCn1c(SCC(=O)N(Cc2ccc(C)o2)C2CC2)nc(C)c1C. The average Bonchev–Trinajstić information content (AvgIpc) is 3.32. The molecule has 142 valence electrons. The van der Waals surface area contributed by atoms with E-state index in [4.69, 9.17) is 4.42 Å². The Morgan fingerprint density at radius 1 is 1.35 bits per heavy atom. The third kappa shape index (κ3) is 4.53. The zero-order chi connectivity index (χ0) is 18.7. The van der Waals surface area contributed by atoms with Crippen molar-refractivity contribution >= 4 is 17.7 Å². The van der Waals surface area contributed by atoms with E-state index in [1.807, 2.05) is 30.9 Å². The predicted molar refractivity (Wildman–Crippen MR) is 104 cm³/mol. The van der Waals surface area contributed by atoms with Crippen LogP contribution < -0.4 is 0 Å². The number of aromatic nitrogens is 2. The van der Waals surface area contributed by atoms with Gasteiger partial charge in [0.05, 0.1) is 18.0 Å². The Balaban J connectivity index is 1.64. The van der Waals surface area contributed by atoms with Crippen LogP contribution in [0.1, 0.15) is 55.5 Å². The van der Waals surface area contributed by atoms with Crippen LogP contribution >= 0.6 is 11.8 Å². The molecular formula is C20H29N3O2S. The molecule has 26 heavy (non-hydrogen) atoms. The van der Waals surface area contributed by atoms with E-state index in [9.17, 15) is 4.79 Å². The van der Waals surface area contributed by atoms with E-state index < -0.39 is 0 Å². The molecule has 6 heteroatoms. The zero-order valence-corrected chi connectivity index (χ0v) is 17.1. The molecule has 0 radical (unpaired) electrons. The Bertz CT molecular complexity index is 761. The first-order valence-corrected chi connectivity index (χ1v) is 10.5. The Hall–Kier alpha value is -1.69. The first kappa shape index (κ1) is 19.1. The Morgan fingerprint density at radius 3 is 2.73 bits per heavy atom. The Labute approximate surface area is 160 Å². The first-order valence-electron chi connectivity index (χ1n) is 9.51. The summed E-state index contributed by atoms with van der Waals surface area (Å²) >= 11 is 1.56. The van der Waals surface area contributed by atoms with Crippen LogP contribution in [0.2, 0.25) is 0 Å². The van der Waals surface area contributed by atoms with Gasteiger partial charge in [-0.1, -0.05) is 25.1 Å². The van der Waals surface area contributed by atoms with Gasteiger partial charge in [0.25, 0.3) is 0 Å². The molecule has 0 aromatic carbocycles. The zero-order valence-electron chi connectivity index (χ0n) is 16.2. The van der Waals surface area contributed by atoms with Crippen LogP contribution in [0.4, 0.5) is 0 Å². The van der Waals surface area contributed by atoms with Crippen LogP contribution in [0.25, 0.3) is 0 Å². The smallest absolute Gasteiger partial charge is 0.233 e. The van der Waals surface area contributed by atoms with Gasteiger partial charge in [0.1, 0.15) is 11.5 Å². The summed E-state index contributed by atoms with van der Waals surface area (Å²) in [6.07, 6.45) is 4.47. The van der Waals surface area contributed by atoms with E-state index in [0.717, 1.165) is 54.6 Å². The second-order valence-electron chi connectivity index (χ2n) is 7.12. The third-order valence-corrected chi connectivity index (χ3v) is 5.87. The lowest BCUT2D eigenvalue weighted by molar-refractivity contribution is -0.129. The maximum Gasteiger partial charge on any atom is 0.233 e. The predicted octanol–water partition coefficient (Wildman–Crippen LogP) is 4.48. The van der Waals surface area contributed by atoms with Crippen molar-refractivity contribution in [2.75, 3.05) is 5.75 Å². The number of carbonyl (C=O) groups excluding carboxylic acids is 1. The molecule has 0 spiro atoms. The van der Waals surface area contributed by atoms with Crippen molar-refractivity contribution in [3.63, 3.8) is 0 Å². The second kappa shape index (κ2) is 8.33. The molecule has 2 aromatic heterocycles.